The van der Waals surface area contributed by atoms with E-state index in [2.05, 4.69) is 59.5 Å². The van der Waals surface area contributed by atoms with Gasteiger partial charge in [-0.25, -0.2) is 9.98 Å². The number of aromatic nitrogens is 1. The Labute approximate surface area is 195 Å². The summed E-state index contributed by atoms with van der Waals surface area (Å²) in [7, 11) is 1.71. The Bertz CT molecular complexity index is 791. The van der Waals surface area contributed by atoms with Gasteiger partial charge in [-0.15, -0.1) is 35.3 Å². The Morgan fingerprint density at radius 1 is 1.34 bits per heavy atom. The van der Waals surface area contributed by atoms with Crippen LogP contribution >= 0.6 is 35.3 Å². The first-order valence-corrected chi connectivity index (χ1v) is 10.7. The number of guanidine groups is 1. The molecule has 1 aliphatic rings. The zero-order valence-corrected chi connectivity index (χ0v) is 20.8. The van der Waals surface area contributed by atoms with Crippen molar-refractivity contribution in [1.82, 2.24) is 15.6 Å². The molecule has 0 saturated carbocycles. The van der Waals surface area contributed by atoms with E-state index < -0.39 is 0 Å². The molecule has 0 spiro atoms. The van der Waals surface area contributed by atoms with Crippen LogP contribution in [0, 0.1) is 19.8 Å². The van der Waals surface area contributed by atoms with E-state index in [0.29, 0.717) is 12.5 Å². The van der Waals surface area contributed by atoms with Crippen LogP contribution in [-0.4, -0.2) is 44.2 Å². The van der Waals surface area contributed by atoms with Gasteiger partial charge in [0.15, 0.2) is 5.96 Å². The highest BCUT2D eigenvalue weighted by Crippen LogP contribution is 2.26. The van der Waals surface area contributed by atoms with Crippen molar-refractivity contribution in [1.29, 1.82) is 0 Å². The van der Waals surface area contributed by atoms with Crippen molar-refractivity contribution in [2.45, 2.75) is 33.7 Å². The van der Waals surface area contributed by atoms with E-state index in [0.717, 1.165) is 48.6 Å². The fraction of sp³-hybridized carbons (Fsp3) is 0.524. The summed E-state index contributed by atoms with van der Waals surface area (Å²) in [5.41, 5.74) is 2.34. The number of methoxy groups -OCH3 is 1. The van der Waals surface area contributed by atoms with E-state index >= 15 is 0 Å². The Balaban J connectivity index is 0.00000300. The standard InChI is InChI=1S/C21H31N5OS.HI/c1-5-22-21(24-13-20-25-15(2)16(3)28-20)23-12-17-9-10-26(14-17)18-7-6-8-19(11-18)27-4;/h6-8,11,17H,5,9-10,12-14H2,1-4H3,(H2,22,23,24);1H. The topological polar surface area (TPSA) is 61.8 Å². The molecule has 160 valence electrons. The number of hydrogen-bond donors (Lipinski definition) is 2. The average molecular weight is 529 g/mol. The molecule has 1 fully saturated rings. The molecule has 0 bridgehead atoms. The minimum atomic E-state index is 0. The predicted molar refractivity (Wildman–Crippen MR) is 133 cm³/mol. The zero-order chi connectivity index (χ0) is 19.9. The van der Waals surface area contributed by atoms with Crippen molar-refractivity contribution in [3.8, 4) is 5.75 Å². The van der Waals surface area contributed by atoms with Gasteiger partial charge in [-0.1, -0.05) is 6.07 Å². The predicted octanol–water partition coefficient (Wildman–Crippen LogP) is 3.97. The lowest BCUT2D eigenvalue weighted by Crippen LogP contribution is -2.40. The molecule has 1 aromatic heterocycles. The fourth-order valence-corrected chi connectivity index (χ4v) is 4.24. The van der Waals surface area contributed by atoms with Crippen molar-refractivity contribution in [3.05, 3.63) is 39.8 Å². The van der Waals surface area contributed by atoms with Crippen LogP contribution in [0.2, 0.25) is 0 Å². The summed E-state index contributed by atoms with van der Waals surface area (Å²) in [5, 5.41) is 7.92. The third-order valence-electron chi connectivity index (χ3n) is 5.05. The van der Waals surface area contributed by atoms with E-state index in [1.54, 1.807) is 18.4 Å². The number of ether oxygens (including phenoxy) is 1. The number of rotatable bonds is 7. The maximum Gasteiger partial charge on any atom is 0.191 e. The number of anilines is 1. The van der Waals surface area contributed by atoms with Gasteiger partial charge >= 0.3 is 0 Å². The van der Waals surface area contributed by atoms with Crippen LogP contribution in [0.1, 0.15) is 28.9 Å². The summed E-state index contributed by atoms with van der Waals surface area (Å²) in [5.74, 6) is 2.38. The second-order valence-electron chi connectivity index (χ2n) is 7.13. The highest BCUT2D eigenvalue weighted by Gasteiger charge is 2.23. The van der Waals surface area contributed by atoms with Gasteiger partial charge in [0.1, 0.15) is 10.8 Å². The number of aryl methyl sites for hydroxylation is 2. The maximum absolute atomic E-state index is 5.35. The van der Waals surface area contributed by atoms with Crippen LogP contribution in [0.5, 0.6) is 5.75 Å². The van der Waals surface area contributed by atoms with Crippen molar-refractivity contribution < 1.29 is 4.74 Å². The second-order valence-corrected chi connectivity index (χ2v) is 8.42. The van der Waals surface area contributed by atoms with Crippen LogP contribution in [-0.2, 0) is 6.54 Å². The molecular weight excluding hydrogens is 497 g/mol. The van der Waals surface area contributed by atoms with Gasteiger partial charge in [0.05, 0.1) is 19.3 Å². The Hall–Kier alpha value is -1.55. The lowest BCUT2D eigenvalue weighted by Gasteiger charge is -2.20. The summed E-state index contributed by atoms with van der Waals surface area (Å²) in [4.78, 5) is 13.0. The summed E-state index contributed by atoms with van der Waals surface area (Å²) in [6.07, 6.45) is 1.18. The van der Waals surface area contributed by atoms with Crippen LogP contribution in [0.3, 0.4) is 0 Å². The molecule has 2 N–H and O–H groups in total. The lowest BCUT2D eigenvalue weighted by molar-refractivity contribution is 0.415. The van der Waals surface area contributed by atoms with Gasteiger partial charge < -0.3 is 20.3 Å². The highest BCUT2D eigenvalue weighted by molar-refractivity contribution is 14.0. The van der Waals surface area contributed by atoms with Crippen molar-refractivity contribution in [2.24, 2.45) is 10.9 Å². The largest absolute Gasteiger partial charge is 0.497 e. The Kier molecular flexibility index (Phi) is 9.48. The summed E-state index contributed by atoms with van der Waals surface area (Å²) in [6.45, 7) is 10.8. The fourth-order valence-electron chi connectivity index (χ4n) is 3.38. The first kappa shape index (κ1) is 23.7. The normalized spacial score (nSPS) is 16.5. The first-order valence-electron chi connectivity index (χ1n) is 9.93. The van der Waals surface area contributed by atoms with Crippen LogP contribution in [0.25, 0.3) is 0 Å². The van der Waals surface area contributed by atoms with Gasteiger partial charge in [-0.2, -0.15) is 0 Å². The van der Waals surface area contributed by atoms with Gasteiger partial charge in [0, 0.05) is 42.8 Å². The average Bonchev–Trinajstić information content (AvgIpc) is 3.31. The minimum absolute atomic E-state index is 0. The molecule has 1 aliphatic heterocycles. The molecule has 1 atom stereocenters. The SMILES string of the molecule is CCNC(=NCc1nc(C)c(C)s1)NCC1CCN(c2cccc(OC)c2)C1.I. The minimum Gasteiger partial charge on any atom is -0.497 e. The van der Waals surface area contributed by atoms with Gasteiger partial charge in [-0.05, 0) is 45.2 Å². The zero-order valence-electron chi connectivity index (χ0n) is 17.7. The Morgan fingerprint density at radius 2 is 2.17 bits per heavy atom. The molecule has 6 nitrogen and oxygen atoms in total. The molecule has 2 aromatic rings. The number of aliphatic imine (C=N–C) groups is 1. The van der Waals surface area contributed by atoms with Crippen molar-refractivity contribution in [2.75, 3.05) is 38.2 Å². The number of benzene rings is 1. The van der Waals surface area contributed by atoms with Crippen molar-refractivity contribution >= 4 is 47.0 Å². The van der Waals surface area contributed by atoms with E-state index in [-0.39, 0.29) is 24.0 Å². The number of thiazole rings is 1. The van der Waals surface area contributed by atoms with E-state index in [1.165, 1.54) is 17.0 Å². The Morgan fingerprint density at radius 3 is 2.86 bits per heavy atom. The summed E-state index contributed by atoms with van der Waals surface area (Å²) in [6, 6.07) is 8.31. The van der Waals surface area contributed by atoms with Gasteiger partial charge in [0.2, 0.25) is 0 Å². The molecule has 29 heavy (non-hydrogen) atoms. The van der Waals surface area contributed by atoms with Crippen LogP contribution < -0.4 is 20.3 Å². The van der Waals surface area contributed by atoms with Crippen LogP contribution in [0.4, 0.5) is 5.69 Å². The summed E-state index contributed by atoms with van der Waals surface area (Å²) < 4.78 is 5.35. The molecule has 0 aliphatic carbocycles. The number of halogens is 1. The summed E-state index contributed by atoms with van der Waals surface area (Å²) >= 11 is 1.73. The van der Waals surface area contributed by atoms with E-state index in [1.807, 2.05) is 6.07 Å². The quantitative estimate of drug-likeness (QED) is 0.323. The molecule has 1 aromatic carbocycles. The number of nitrogens with one attached hydrogen (secondary N) is 2. The second kappa shape index (κ2) is 11.6. The first-order chi connectivity index (χ1) is 13.6. The van der Waals surface area contributed by atoms with Gasteiger partial charge in [0.25, 0.3) is 0 Å². The van der Waals surface area contributed by atoms with Gasteiger partial charge in [-0.3, -0.25) is 0 Å². The third kappa shape index (κ3) is 6.74. The molecule has 0 radical (unpaired) electrons. The molecule has 2 heterocycles. The molecular formula is C21H32IN5OS. The maximum atomic E-state index is 5.35. The number of hydrogen-bond acceptors (Lipinski definition) is 5. The molecule has 8 heteroatoms. The molecule has 1 saturated heterocycles. The third-order valence-corrected chi connectivity index (χ3v) is 6.11. The smallest absolute Gasteiger partial charge is 0.191 e. The van der Waals surface area contributed by atoms with E-state index in [9.17, 15) is 0 Å². The van der Waals surface area contributed by atoms with E-state index in [4.69, 9.17) is 9.73 Å². The monoisotopic (exact) mass is 529 g/mol. The van der Waals surface area contributed by atoms with Crippen molar-refractivity contribution in [3.63, 3.8) is 0 Å². The van der Waals surface area contributed by atoms with Crippen LogP contribution in [0.15, 0.2) is 29.3 Å². The lowest BCUT2D eigenvalue weighted by atomic mass is 10.1. The highest BCUT2D eigenvalue weighted by atomic mass is 127. The number of nitrogens with zero attached hydrogens (tertiary/aromatic N) is 3. The molecule has 3 rings (SSSR count). The molecule has 0 amide bonds. The molecule has 1 unspecified atom stereocenters.